The van der Waals surface area contributed by atoms with Gasteiger partial charge in [-0.25, -0.2) is 4.79 Å². The molecule has 0 unspecified atom stereocenters. The number of carbonyl (C=O) groups excluding carboxylic acids is 2. The first-order chi connectivity index (χ1) is 18.4. The van der Waals surface area contributed by atoms with Gasteiger partial charge in [-0.15, -0.1) is 10.2 Å². The van der Waals surface area contributed by atoms with E-state index >= 15 is 0 Å². The molecule has 0 fully saturated rings. The minimum absolute atomic E-state index is 0.0242. The second-order valence-electron chi connectivity index (χ2n) is 8.04. The minimum atomic E-state index is -0.527. The van der Waals surface area contributed by atoms with Crippen molar-refractivity contribution < 1.29 is 23.8 Å². The van der Waals surface area contributed by atoms with Crippen LogP contribution < -0.4 is 14.8 Å². The summed E-state index contributed by atoms with van der Waals surface area (Å²) in [5, 5.41) is 12.2. The number of ether oxygens (including phenoxy) is 3. The largest absolute Gasteiger partial charge is 0.493 e. The zero-order valence-electron chi connectivity index (χ0n) is 20.9. The summed E-state index contributed by atoms with van der Waals surface area (Å²) in [6, 6.07) is 19.7. The topological polar surface area (TPSA) is 105 Å². The van der Waals surface area contributed by atoms with Crippen LogP contribution in [0.2, 0.25) is 5.02 Å². The third-order valence-electron chi connectivity index (χ3n) is 5.38. The van der Waals surface area contributed by atoms with E-state index in [-0.39, 0.29) is 23.8 Å². The number of amides is 1. The number of aromatic nitrogens is 3. The van der Waals surface area contributed by atoms with Crippen molar-refractivity contribution in [2.24, 2.45) is 0 Å². The van der Waals surface area contributed by atoms with E-state index in [4.69, 9.17) is 25.8 Å². The maximum absolute atomic E-state index is 12.7. The van der Waals surface area contributed by atoms with Crippen LogP contribution in [0.25, 0.3) is 5.69 Å². The molecule has 1 amide bonds. The molecule has 0 saturated carbocycles. The van der Waals surface area contributed by atoms with Crippen molar-refractivity contribution in [1.29, 1.82) is 0 Å². The number of nitrogens with one attached hydrogen (secondary N) is 1. The van der Waals surface area contributed by atoms with E-state index in [1.807, 2.05) is 60.0 Å². The third kappa shape index (κ3) is 6.45. The van der Waals surface area contributed by atoms with Gasteiger partial charge in [0.1, 0.15) is 6.61 Å². The lowest BCUT2D eigenvalue weighted by Crippen LogP contribution is -2.15. The van der Waals surface area contributed by atoms with Crippen LogP contribution in [0.5, 0.6) is 11.5 Å². The highest BCUT2D eigenvalue weighted by Gasteiger charge is 2.18. The van der Waals surface area contributed by atoms with Crippen LogP contribution in [0.3, 0.4) is 0 Å². The Morgan fingerprint density at radius 3 is 2.53 bits per heavy atom. The normalized spacial score (nSPS) is 10.6. The first-order valence-electron chi connectivity index (χ1n) is 11.5. The van der Waals surface area contributed by atoms with E-state index in [9.17, 15) is 9.59 Å². The van der Waals surface area contributed by atoms with Crippen LogP contribution in [-0.4, -0.2) is 46.6 Å². The predicted molar refractivity (Wildman–Crippen MR) is 146 cm³/mol. The molecule has 1 N–H and O–H groups in total. The molecule has 0 radical (unpaired) electrons. The Hall–Kier alpha value is -4.02. The molecule has 38 heavy (non-hydrogen) atoms. The molecule has 0 spiro atoms. The van der Waals surface area contributed by atoms with Crippen LogP contribution in [0.4, 0.5) is 5.69 Å². The molecule has 1 aromatic heterocycles. The number of rotatable bonds is 10. The Morgan fingerprint density at radius 1 is 1.00 bits per heavy atom. The smallest absolute Gasteiger partial charge is 0.337 e. The number of hydrogen-bond donors (Lipinski definition) is 1. The number of halogens is 1. The average molecular weight is 553 g/mol. The Balaban J connectivity index is 1.51. The minimum Gasteiger partial charge on any atom is -0.493 e. The lowest BCUT2D eigenvalue weighted by molar-refractivity contribution is -0.113. The highest BCUT2D eigenvalue weighted by molar-refractivity contribution is 7.99. The number of aryl methyl sites for hydroxylation is 1. The second kappa shape index (κ2) is 12.5. The number of carbonyl (C=O) groups is 2. The highest BCUT2D eigenvalue weighted by atomic mass is 35.5. The molecule has 0 bridgehead atoms. The van der Waals surface area contributed by atoms with Gasteiger partial charge in [-0.1, -0.05) is 47.6 Å². The third-order valence-corrected chi connectivity index (χ3v) is 6.64. The summed E-state index contributed by atoms with van der Waals surface area (Å²) >= 11 is 7.41. The first-order valence-corrected chi connectivity index (χ1v) is 12.8. The number of esters is 1. The fraction of sp³-hybridized carbons (Fsp3) is 0.185. The molecule has 0 aliphatic heterocycles. The van der Waals surface area contributed by atoms with Crippen molar-refractivity contribution in [3.05, 3.63) is 88.7 Å². The Kier molecular flexibility index (Phi) is 8.88. The molecule has 0 aliphatic rings. The molecule has 0 atom stereocenters. The highest BCUT2D eigenvalue weighted by Crippen LogP contribution is 2.30. The van der Waals surface area contributed by atoms with E-state index in [1.165, 1.54) is 37.1 Å². The molecular weight excluding hydrogens is 528 g/mol. The van der Waals surface area contributed by atoms with Gasteiger partial charge in [-0.3, -0.25) is 9.36 Å². The molecule has 4 aromatic rings. The standard InChI is InChI=1S/C27H25ClN4O5S/c1-17-9-12-22(23(13-17)35-2)37-15-24-30-31-27(32(24)19-7-5-4-6-8-19)38-16-25(33)29-21-14-18(26(34)36-3)10-11-20(21)28/h4-14H,15-16H2,1-3H3,(H,29,33). The van der Waals surface area contributed by atoms with Gasteiger partial charge in [-0.2, -0.15) is 0 Å². The van der Waals surface area contributed by atoms with Gasteiger partial charge >= 0.3 is 5.97 Å². The molecule has 1 heterocycles. The van der Waals surface area contributed by atoms with Crippen LogP contribution in [-0.2, 0) is 16.1 Å². The van der Waals surface area contributed by atoms with Crippen LogP contribution in [0, 0.1) is 6.92 Å². The Morgan fingerprint density at radius 2 is 1.79 bits per heavy atom. The van der Waals surface area contributed by atoms with Crippen molar-refractivity contribution in [2.75, 3.05) is 25.3 Å². The van der Waals surface area contributed by atoms with E-state index in [0.29, 0.717) is 33.2 Å². The maximum Gasteiger partial charge on any atom is 0.337 e. The Labute approximate surface area is 229 Å². The molecular formula is C27H25ClN4O5S. The van der Waals surface area contributed by atoms with Crippen molar-refractivity contribution in [2.45, 2.75) is 18.7 Å². The summed E-state index contributed by atoms with van der Waals surface area (Å²) in [6.07, 6.45) is 0. The number of nitrogens with zero attached hydrogens (tertiary/aromatic N) is 3. The quantitative estimate of drug-likeness (QED) is 0.208. The lowest BCUT2D eigenvalue weighted by Gasteiger charge is -2.13. The second-order valence-corrected chi connectivity index (χ2v) is 9.39. The summed E-state index contributed by atoms with van der Waals surface area (Å²) in [7, 11) is 2.87. The van der Waals surface area contributed by atoms with Gasteiger partial charge in [0.25, 0.3) is 0 Å². The van der Waals surface area contributed by atoms with Gasteiger partial charge in [0.05, 0.1) is 36.2 Å². The molecule has 0 saturated heterocycles. The SMILES string of the molecule is COC(=O)c1ccc(Cl)c(NC(=O)CSc2nnc(COc3ccc(C)cc3OC)n2-c2ccccc2)c1. The molecule has 0 aliphatic carbocycles. The number of anilines is 1. The van der Waals surface area contributed by atoms with E-state index in [2.05, 4.69) is 15.5 Å². The zero-order valence-corrected chi connectivity index (χ0v) is 22.5. The predicted octanol–water partition coefficient (Wildman–Crippen LogP) is 5.33. The first kappa shape index (κ1) is 27.0. The molecule has 9 nitrogen and oxygen atoms in total. The van der Waals surface area contributed by atoms with Gasteiger partial charge in [0.2, 0.25) is 5.91 Å². The van der Waals surface area contributed by atoms with E-state index in [0.717, 1.165) is 11.3 Å². The summed E-state index contributed by atoms with van der Waals surface area (Å²) in [4.78, 5) is 24.6. The van der Waals surface area contributed by atoms with Crippen molar-refractivity contribution in [1.82, 2.24) is 14.8 Å². The van der Waals surface area contributed by atoms with E-state index in [1.54, 1.807) is 7.11 Å². The summed E-state index contributed by atoms with van der Waals surface area (Å²) in [5.74, 6) is 0.924. The monoisotopic (exact) mass is 552 g/mol. The maximum atomic E-state index is 12.7. The van der Waals surface area contributed by atoms with Gasteiger partial charge in [0.15, 0.2) is 22.5 Å². The zero-order chi connectivity index (χ0) is 27.1. The van der Waals surface area contributed by atoms with Gasteiger partial charge < -0.3 is 19.5 Å². The fourth-order valence-electron chi connectivity index (χ4n) is 3.54. The number of para-hydroxylation sites is 1. The van der Waals surface area contributed by atoms with Crippen molar-refractivity contribution in [3.8, 4) is 17.2 Å². The van der Waals surface area contributed by atoms with Crippen molar-refractivity contribution >= 4 is 40.9 Å². The van der Waals surface area contributed by atoms with Crippen molar-refractivity contribution in [3.63, 3.8) is 0 Å². The molecule has 3 aromatic carbocycles. The van der Waals surface area contributed by atoms with E-state index < -0.39 is 5.97 Å². The number of thioether (sulfide) groups is 1. The Bertz CT molecular complexity index is 1440. The molecule has 196 valence electrons. The molecule has 4 rings (SSSR count). The number of benzene rings is 3. The number of methoxy groups -OCH3 is 2. The van der Waals surface area contributed by atoms with Crippen LogP contribution >= 0.6 is 23.4 Å². The fourth-order valence-corrected chi connectivity index (χ4v) is 4.48. The number of hydrogen-bond acceptors (Lipinski definition) is 8. The van der Waals surface area contributed by atoms with Gasteiger partial charge in [-0.05, 0) is 55.0 Å². The summed E-state index contributed by atoms with van der Waals surface area (Å²) < 4.78 is 18.0. The van der Waals surface area contributed by atoms with Crippen LogP contribution in [0.1, 0.15) is 21.7 Å². The summed E-state index contributed by atoms with van der Waals surface area (Å²) in [6.45, 7) is 2.10. The lowest BCUT2D eigenvalue weighted by atomic mass is 10.2. The van der Waals surface area contributed by atoms with Gasteiger partial charge in [0, 0.05) is 5.69 Å². The van der Waals surface area contributed by atoms with Crippen LogP contribution in [0.15, 0.2) is 71.9 Å². The molecule has 11 heteroatoms. The average Bonchev–Trinajstić information content (AvgIpc) is 3.35. The summed E-state index contributed by atoms with van der Waals surface area (Å²) in [5.41, 5.74) is 2.46.